The van der Waals surface area contributed by atoms with E-state index in [1.54, 1.807) is 68.0 Å². The van der Waals surface area contributed by atoms with Crippen molar-refractivity contribution in [2.24, 2.45) is 0 Å². The molecule has 6 heterocycles. The summed E-state index contributed by atoms with van der Waals surface area (Å²) in [6.45, 7) is 6.48. The van der Waals surface area contributed by atoms with E-state index in [1.165, 1.54) is 24.8 Å². The van der Waals surface area contributed by atoms with Crippen LogP contribution in [0, 0.1) is 10.8 Å². The first kappa shape index (κ1) is 35.4. The normalized spacial score (nSPS) is 17.2. The van der Waals surface area contributed by atoms with Crippen LogP contribution in [0.25, 0.3) is 11.1 Å². The second kappa shape index (κ2) is 14.8. The molecule has 0 aromatic carbocycles. The van der Waals surface area contributed by atoms with Crippen LogP contribution in [0.3, 0.4) is 0 Å². The van der Waals surface area contributed by atoms with Crippen LogP contribution >= 0.6 is 0 Å². The van der Waals surface area contributed by atoms with Gasteiger partial charge in [0.1, 0.15) is 22.8 Å². The average Bonchev–Trinajstić information content (AvgIpc) is 3.63. The fraction of sp³-hybridized carbons (Fsp3) is 0.263. The van der Waals surface area contributed by atoms with E-state index >= 15 is 0 Å². The van der Waals surface area contributed by atoms with Gasteiger partial charge in [-0.1, -0.05) is 12.1 Å². The third kappa shape index (κ3) is 8.12. The lowest BCUT2D eigenvalue weighted by atomic mass is 9.95. The zero-order valence-electron chi connectivity index (χ0n) is 29.3. The van der Waals surface area contributed by atoms with Gasteiger partial charge in [0, 0.05) is 92.4 Å². The highest BCUT2D eigenvalue weighted by Crippen LogP contribution is 2.36. The van der Waals surface area contributed by atoms with Crippen molar-refractivity contribution < 1.29 is 19.1 Å². The van der Waals surface area contributed by atoms with E-state index in [0.29, 0.717) is 82.9 Å². The topological polar surface area (TPSA) is 200 Å². The summed E-state index contributed by atoms with van der Waals surface area (Å²) in [6, 6.07) is 14.0. The largest absolute Gasteiger partial charge is 0.471 e. The molecule has 2 aliphatic rings. The van der Waals surface area contributed by atoms with Crippen LogP contribution in [0.15, 0.2) is 73.3 Å². The lowest BCUT2D eigenvalue weighted by Gasteiger charge is -2.23. The Balaban J connectivity index is 1.03. The standard InChI is InChI=1S/C38H40N10O4/c1-37(2)15-23-13-25(21-43-35(23)51-37)33(49)48-32-10-6-8-30(46-32)28(18-40)20-42-12-11-38(3)16-24-14-26(22-44-36(24)52-38)34(50)47-31-9-5-7-29(45-31)27(17-39)19-41-4/h5-10,13-14,17-22,39-42H,11-12,15-16H2,1-4H3,(H,45,47,50)(H,46,48,49)/b27-19+,28-20+,39-17?,40-18?. The molecule has 14 nitrogen and oxygen atoms in total. The third-order valence-electron chi connectivity index (χ3n) is 8.51. The molecule has 4 aromatic rings. The van der Waals surface area contributed by atoms with Crippen molar-refractivity contribution in [3.05, 3.63) is 107 Å². The van der Waals surface area contributed by atoms with Gasteiger partial charge in [0.2, 0.25) is 11.8 Å². The Hall–Kier alpha value is -6.44. The Morgan fingerprint density at radius 3 is 1.88 bits per heavy atom. The number of fused-ring (bicyclic) bond motifs is 2. The molecule has 2 amide bonds. The van der Waals surface area contributed by atoms with Crippen molar-refractivity contribution in [1.82, 2.24) is 30.6 Å². The molecule has 14 heteroatoms. The maximum atomic E-state index is 13.1. The van der Waals surface area contributed by atoms with Crippen molar-refractivity contribution in [3.8, 4) is 11.8 Å². The molecular weight excluding hydrogens is 660 g/mol. The predicted octanol–water partition coefficient (Wildman–Crippen LogP) is 5.06. The summed E-state index contributed by atoms with van der Waals surface area (Å²) < 4.78 is 12.0. The average molecular weight is 701 g/mol. The molecule has 0 aliphatic carbocycles. The number of nitrogens with zero attached hydrogens (tertiary/aromatic N) is 4. The lowest BCUT2D eigenvalue weighted by Crippen LogP contribution is -2.33. The molecule has 6 rings (SSSR count). The van der Waals surface area contributed by atoms with Crippen molar-refractivity contribution in [2.75, 3.05) is 24.2 Å². The number of amides is 2. The smallest absolute Gasteiger partial charge is 0.258 e. The summed E-state index contributed by atoms with van der Waals surface area (Å²) in [5.74, 6) is 1.04. The number of hydrogen-bond acceptors (Lipinski definition) is 12. The maximum Gasteiger partial charge on any atom is 0.258 e. The molecule has 6 N–H and O–H groups in total. The maximum absolute atomic E-state index is 13.1. The Labute approximate surface area is 301 Å². The number of carbonyl (C=O) groups is 2. The van der Waals surface area contributed by atoms with Gasteiger partial charge in [0.15, 0.2) is 0 Å². The van der Waals surface area contributed by atoms with Crippen LogP contribution in [0.2, 0.25) is 0 Å². The molecular formula is C38H40N10O4. The van der Waals surface area contributed by atoms with Crippen LogP contribution in [0.1, 0.15) is 70.4 Å². The lowest BCUT2D eigenvalue weighted by molar-refractivity contribution is 0.101. The second-order valence-corrected chi connectivity index (χ2v) is 13.3. The fourth-order valence-electron chi connectivity index (χ4n) is 6.01. The van der Waals surface area contributed by atoms with E-state index in [4.69, 9.17) is 20.3 Å². The van der Waals surface area contributed by atoms with E-state index in [2.05, 4.69) is 41.2 Å². The number of carbonyl (C=O) groups excluding carboxylic acids is 2. The highest BCUT2D eigenvalue weighted by atomic mass is 16.5. The van der Waals surface area contributed by atoms with Crippen molar-refractivity contribution in [2.45, 2.75) is 51.2 Å². The predicted molar refractivity (Wildman–Crippen MR) is 199 cm³/mol. The monoisotopic (exact) mass is 700 g/mol. The molecule has 1 atom stereocenters. The first-order valence-corrected chi connectivity index (χ1v) is 16.7. The molecule has 4 aromatic heterocycles. The van der Waals surface area contributed by atoms with Gasteiger partial charge < -0.3 is 41.6 Å². The summed E-state index contributed by atoms with van der Waals surface area (Å²) in [6.07, 6.45) is 10.6. The quantitative estimate of drug-likeness (QED) is 0.0809. The first-order valence-electron chi connectivity index (χ1n) is 16.7. The summed E-state index contributed by atoms with van der Waals surface area (Å²) in [5.41, 5.74) is 3.74. The van der Waals surface area contributed by atoms with Gasteiger partial charge in [-0.2, -0.15) is 0 Å². The minimum Gasteiger partial charge on any atom is -0.471 e. The van der Waals surface area contributed by atoms with E-state index in [-0.39, 0.29) is 17.4 Å². The van der Waals surface area contributed by atoms with Gasteiger partial charge in [0.25, 0.3) is 11.8 Å². The Morgan fingerprint density at radius 2 is 1.33 bits per heavy atom. The van der Waals surface area contributed by atoms with Crippen LogP contribution in [0.4, 0.5) is 11.6 Å². The number of nitrogens with one attached hydrogen (secondary N) is 6. The number of pyridine rings is 4. The number of aromatic nitrogens is 4. The zero-order chi connectivity index (χ0) is 36.9. The summed E-state index contributed by atoms with van der Waals surface area (Å²) >= 11 is 0. The van der Waals surface area contributed by atoms with Gasteiger partial charge >= 0.3 is 0 Å². The molecule has 0 fully saturated rings. The Kier molecular flexibility index (Phi) is 10.1. The van der Waals surface area contributed by atoms with Crippen molar-refractivity contribution >= 4 is 47.0 Å². The molecule has 0 saturated heterocycles. The third-order valence-corrected chi connectivity index (χ3v) is 8.51. The Bertz CT molecular complexity index is 2110. The zero-order valence-corrected chi connectivity index (χ0v) is 29.3. The minimum atomic E-state index is -0.564. The molecule has 0 bridgehead atoms. The number of hydrogen-bond donors (Lipinski definition) is 6. The SMILES string of the molecule is CN/C=C(\C=N)c1cccc(NC(=O)c2cnc3c(c2)CC(C)(CCN/C=C(\C=N)c2cccc(NC(=O)c4cnc5c(c4)CC(C)(C)O5)n2)O3)n1. The molecule has 0 spiro atoms. The Morgan fingerprint density at radius 1 is 0.788 bits per heavy atom. The number of anilines is 2. The van der Waals surface area contributed by atoms with Crippen LogP contribution in [0.5, 0.6) is 11.8 Å². The molecule has 266 valence electrons. The number of ether oxygens (including phenoxy) is 2. The minimum absolute atomic E-state index is 0.338. The van der Waals surface area contributed by atoms with E-state index in [1.807, 2.05) is 20.8 Å². The molecule has 1 unspecified atom stereocenters. The second-order valence-electron chi connectivity index (χ2n) is 13.3. The number of rotatable bonds is 13. The molecule has 2 aliphatic heterocycles. The van der Waals surface area contributed by atoms with Gasteiger partial charge in [-0.3, -0.25) is 9.59 Å². The van der Waals surface area contributed by atoms with E-state index in [0.717, 1.165) is 11.1 Å². The van der Waals surface area contributed by atoms with Gasteiger partial charge in [-0.05, 0) is 57.2 Å². The fourth-order valence-corrected chi connectivity index (χ4v) is 6.01. The highest BCUT2D eigenvalue weighted by Gasteiger charge is 2.36. The summed E-state index contributed by atoms with van der Waals surface area (Å²) in [4.78, 5) is 43.8. The number of allylic oxidation sites excluding steroid dienone is 2. The summed E-state index contributed by atoms with van der Waals surface area (Å²) in [7, 11) is 1.74. The van der Waals surface area contributed by atoms with Crippen LogP contribution in [-0.2, 0) is 12.8 Å². The highest BCUT2D eigenvalue weighted by molar-refractivity contribution is 6.09. The van der Waals surface area contributed by atoms with Gasteiger partial charge in [-0.15, -0.1) is 0 Å². The van der Waals surface area contributed by atoms with E-state index < -0.39 is 5.60 Å². The first-order chi connectivity index (χ1) is 25.0. The van der Waals surface area contributed by atoms with Crippen LogP contribution in [-0.4, -0.2) is 69.0 Å². The molecule has 52 heavy (non-hydrogen) atoms. The summed E-state index contributed by atoms with van der Waals surface area (Å²) in [5, 5.41) is 27.4. The van der Waals surface area contributed by atoms with Gasteiger partial charge in [-0.25, -0.2) is 19.9 Å². The molecule has 0 radical (unpaired) electrons. The van der Waals surface area contributed by atoms with Crippen LogP contribution < -0.4 is 30.7 Å². The van der Waals surface area contributed by atoms with Crippen molar-refractivity contribution in [3.63, 3.8) is 0 Å². The van der Waals surface area contributed by atoms with Crippen molar-refractivity contribution in [1.29, 1.82) is 10.8 Å². The van der Waals surface area contributed by atoms with Gasteiger partial charge in [0.05, 0.1) is 22.5 Å². The molecule has 0 saturated carbocycles. The van der Waals surface area contributed by atoms with E-state index in [9.17, 15) is 9.59 Å².